The number of methoxy groups -OCH3 is 1. The van der Waals surface area contributed by atoms with Crippen LogP contribution >= 0.6 is 0 Å². The number of hydrogen-bond donors (Lipinski definition) is 2. The Morgan fingerprint density at radius 2 is 2.11 bits per heavy atom. The quantitative estimate of drug-likeness (QED) is 0.407. The summed E-state index contributed by atoms with van der Waals surface area (Å²) in [5.74, 6) is 0.542. The molecule has 0 spiro atoms. The van der Waals surface area contributed by atoms with Crippen molar-refractivity contribution in [3.8, 4) is 11.3 Å². The molecule has 0 saturated heterocycles. The minimum atomic E-state index is -0.127. The Morgan fingerprint density at radius 3 is 2.80 bits per heavy atom. The third-order valence-corrected chi connectivity index (χ3v) is 7.48. The topological polar surface area (TPSA) is 64.0 Å². The number of pyridine rings is 2. The molecule has 2 N–H and O–H groups in total. The van der Waals surface area contributed by atoms with E-state index in [4.69, 9.17) is 14.7 Å². The average molecular weight is 472 g/mol. The summed E-state index contributed by atoms with van der Waals surface area (Å²) < 4.78 is 8.10. The fourth-order valence-corrected chi connectivity index (χ4v) is 5.49. The molecule has 184 valence electrons. The third kappa shape index (κ3) is 4.25. The Hall–Kier alpha value is -3.12. The number of aryl methyl sites for hydroxylation is 1. The van der Waals surface area contributed by atoms with Gasteiger partial charge >= 0.3 is 0 Å². The predicted molar refractivity (Wildman–Crippen MR) is 144 cm³/mol. The van der Waals surface area contributed by atoms with E-state index in [0.717, 1.165) is 34.5 Å². The number of dihydropyridines is 1. The van der Waals surface area contributed by atoms with Crippen molar-refractivity contribution >= 4 is 16.7 Å². The molecule has 1 aliphatic carbocycles. The zero-order valence-corrected chi connectivity index (χ0v) is 21.6. The SMILES string of the molecule is CCc1c(C)c2nc(-c3cccnc3C3CCC3)cc(NCC3=CC=CNC3OC)c2n1C(C)C. The first kappa shape index (κ1) is 23.6. The summed E-state index contributed by atoms with van der Waals surface area (Å²) in [6.45, 7) is 9.64. The molecule has 3 aromatic rings. The van der Waals surface area contributed by atoms with Gasteiger partial charge < -0.3 is 19.9 Å². The van der Waals surface area contributed by atoms with Crippen LogP contribution in [0.15, 0.2) is 48.3 Å². The van der Waals surface area contributed by atoms with Gasteiger partial charge in [0.1, 0.15) is 0 Å². The van der Waals surface area contributed by atoms with Crippen molar-refractivity contribution in [2.45, 2.75) is 71.6 Å². The zero-order valence-electron chi connectivity index (χ0n) is 21.6. The van der Waals surface area contributed by atoms with Crippen LogP contribution in [0.2, 0.25) is 0 Å². The zero-order chi connectivity index (χ0) is 24.5. The molecule has 2 aliphatic rings. The van der Waals surface area contributed by atoms with Gasteiger partial charge in [0.05, 0.1) is 28.1 Å². The second-order valence-electron chi connectivity index (χ2n) is 9.94. The van der Waals surface area contributed by atoms with Crippen molar-refractivity contribution in [3.63, 3.8) is 0 Å². The standard InChI is InChI=1S/C29H37N5O/c1-6-25-19(4)26-28(34(25)18(2)3)24(32-17-21-12-8-15-31-29(21)35-5)16-23(33-26)22-13-9-14-30-27(22)20-10-7-11-20/h8-9,12-16,18,20,29,31H,6-7,10-11,17H2,1-5H3,(H,32,33). The van der Waals surface area contributed by atoms with Crippen LogP contribution in [0.3, 0.4) is 0 Å². The Kier molecular flexibility index (Phi) is 6.65. The summed E-state index contributed by atoms with van der Waals surface area (Å²) in [5, 5.41) is 7.04. The molecule has 6 nitrogen and oxygen atoms in total. The molecule has 0 radical (unpaired) electrons. The van der Waals surface area contributed by atoms with Crippen LogP contribution in [-0.2, 0) is 11.2 Å². The molecule has 5 rings (SSSR count). The van der Waals surface area contributed by atoms with E-state index in [0.29, 0.717) is 18.5 Å². The first-order chi connectivity index (χ1) is 17.0. The normalized spacial score (nSPS) is 18.0. The van der Waals surface area contributed by atoms with Crippen LogP contribution in [-0.4, -0.2) is 34.4 Å². The number of anilines is 1. The highest BCUT2D eigenvalue weighted by molar-refractivity contribution is 5.95. The van der Waals surface area contributed by atoms with E-state index in [2.05, 4.69) is 61.1 Å². The van der Waals surface area contributed by atoms with Crippen LogP contribution in [0, 0.1) is 6.92 Å². The lowest BCUT2D eigenvalue weighted by atomic mass is 9.80. The van der Waals surface area contributed by atoms with E-state index in [9.17, 15) is 0 Å². The van der Waals surface area contributed by atoms with Gasteiger partial charge in [-0.3, -0.25) is 4.98 Å². The predicted octanol–water partition coefficient (Wildman–Crippen LogP) is 6.25. The summed E-state index contributed by atoms with van der Waals surface area (Å²) >= 11 is 0. The molecular weight excluding hydrogens is 434 g/mol. The fourth-order valence-electron chi connectivity index (χ4n) is 5.49. The highest BCUT2D eigenvalue weighted by atomic mass is 16.5. The van der Waals surface area contributed by atoms with E-state index in [1.807, 2.05) is 24.5 Å². The van der Waals surface area contributed by atoms with Gasteiger partial charge in [-0.2, -0.15) is 0 Å². The molecule has 1 aliphatic heterocycles. The molecule has 3 aromatic heterocycles. The molecule has 0 amide bonds. The van der Waals surface area contributed by atoms with Crippen LogP contribution < -0.4 is 10.6 Å². The first-order valence-electron chi connectivity index (χ1n) is 12.9. The fraction of sp³-hybridized carbons (Fsp3) is 0.448. The Balaban J connectivity index is 1.66. The maximum atomic E-state index is 5.64. The van der Waals surface area contributed by atoms with E-state index >= 15 is 0 Å². The molecular formula is C29H37N5O. The third-order valence-electron chi connectivity index (χ3n) is 7.48. The number of rotatable bonds is 8. The summed E-state index contributed by atoms with van der Waals surface area (Å²) in [7, 11) is 1.73. The summed E-state index contributed by atoms with van der Waals surface area (Å²) in [5.41, 5.74) is 10.5. The highest BCUT2D eigenvalue weighted by Gasteiger charge is 2.26. The molecule has 35 heavy (non-hydrogen) atoms. The van der Waals surface area contributed by atoms with Crippen molar-refractivity contribution in [2.24, 2.45) is 0 Å². The lowest BCUT2D eigenvalue weighted by Gasteiger charge is -2.27. The monoisotopic (exact) mass is 471 g/mol. The molecule has 1 saturated carbocycles. The van der Waals surface area contributed by atoms with Crippen molar-refractivity contribution < 1.29 is 4.74 Å². The second kappa shape index (κ2) is 9.86. The Bertz CT molecular complexity index is 1280. The molecule has 6 heteroatoms. The van der Waals surface area contributed by atoms with E-state index < -0.39 is 0 Å². The molecule has 1 fully saturated rings. The van der Waals surface area contributed by atoms with Crippen LogP contribution in [0.5, 0.6) is 0 Å². The first-order valence-corrected chi connectivity index (χ1v) is 12.9. The molecule has 4 heterocycles. The van der Waals surface area contributed by atoms with Crippen LogP contribution in [0.1, 0.15) is 68.9 Å². The van der Waals surface area contributed by atoms with Gasteiger partial charge in [0.15, 0.2) is 6.23 Å². The van der Waals surface area contributed by atoms with E-state index in [1.165, 1.54) is 41.7 Å². The molecule has 1 atom stereocenters. The summed E-state index contributed by atoms with van der Waals surface area (Å²) in [6, 6.07) is 6.79. The number of nitrogens with one attached hydrogen (secondary N) is 2. The lowest BCUT2D eigenvalue weighted by molar-refractivity contribution is 0.113. The van der Waals surface area contributed by atoms with Gasteiger partial charge in [-0.25, -0.2) is 4.98 Å². The molecule has 1 unspecified atom stereocenters. The lowest BCUT2D eigenvalue weighted by Crippen LogP contribution is -2.33. The largest absolute Gasteiger partial charge is 0.379 e. The smallest absolute Gasteiger partial charge is 0.151 e. The van der Waals surface area contributed by atoms with Gasteiger partial charge in [-0.05, 0) is 81.6 Å². The minimum absolute atomic E-state index is 0.127. The van der Waals surface area contributed by atoms with E-state index in [-0.39, 0.29) is 6.23 Å². The van der Waals surface area contributed by atoms with Gasteiger partial charge in [0.2, 0.25) is 0 Å². The maximum absolute atomic E-state index is 5.64. The summed E-state index contributed by atoms with van der Waals surface area (Å²) in [4.78, 5) is 10.1. The maximum Gasteiger partial charge on any atom is 0.151 e. The number of ether oxygens (including phenoxy) is 1. The Morgan fingerprint density at radius 1 is 1.29 bits per heavy atom. The van der Waals surface area contributed by atoms with Gasteiger partial charge in [-0.15, -0.1) is 0 Å². The van der Waals surface area contributed by atoms with Crippen molar-refractivity contribution in [3.05, 3.63) is 65.3 Å². The molecule has 0 aromatic carbocycles. The minimum Gasteiger partial charge on any atom is -0.379 e. The average Bonchev–Trinajstić information content (AvgIpc) is 3.14. The Labute approximate surface area is 208 Å². The molecule has 0 bridgehead atoms. The van der Waals surface area contributed by atoms with Gasteiger partial charge in [0.25, 0.3) is 0 Å². The number of aromatic nitrogens is 3. The number of allylic oxidation sites excluding steroid dienone is 2. The highest BCUT2D eigenvalue weighted by Crippen LogP contribution is 2.41. The van der Waals surface area contributed by atoms with Crippen LogP contribution in [0.4, 0.5) is 5.69 Å². The number of hydrogen-bond acceptors (Lipinski definition) is 5. The number of nitrogens with zero attached hydrogens (tertiary/aromatic N) is 3. The number of fused-ring (bicyclic) bond motifs is 1. The van der Waals surface area contributed by atoms with Crippen molar-refractivity contribution in [1.29, 1.82) is 0 Å². The second-order valence-corrected chi connectivity index (χ2v) is 9.94. The van der Waals surface area contributed by atoms with Gasteiger partial charge in [-0.1, -0.05) is 19.4 Å². The summed E-state index contributed by atoms with van der Waals surface area (Å²) in [6.07, 6.45) is 12.6. The van der Waals surface area contributed by atoms with Crippen molar-refractivity contribution in [1.82, 2.24) is 19.9 Å². The van der Waals surface area contributed by atoms with E-state index in [1.54, 1.807) is 7.11 Å². The van der Waals surface area contributed by atoms with Crippen molar-refractivity contribution in [2.75, 3.05) is 19.0 Å². The van der Waals surface area contributed by atoms with Gasteiger partial charge in [0, 0.05) is 43.1 Å². The van der Waals surface area contributed by atoms with Crippen LogP contribution in [0.25, 0.3) is 22.3 Å².